The Morgan fingerprint density at radius 3 is 1.94 bits per heavy atom. The van der Waals surface area contributed by atoms with Crippen LogP contribution in [-0.2, 0) is 20.7 Å². The SMILES string of the molecule is CCN1CCC(OC)(c2cccc(Cl)c2F)C1.COC1(c2cccc(Cl)c2F)CCNC1. The Hall–Kier alpha value is -1.28. The van der Waals surface area contributed by atoms with E-state index in [4.69, 9.17) is 32.7 Å². The number of benzene rings is 2. The van der Waals surface area contributed by atoms with Gasteiger partial charge in [0.05, 0.1) is 10.0 Å². The number of methoxy groups -OCH3 is 2. The van der Waals surface area contributed by atoms with Gasteiger partial charge in [0.25, 0.3) is 0 Å². The average Bonchev–Trinajstić information content (AvgIpc) is 3.46. The normalized spacial score (nSPS) is 25.6. The van der Waals surface area contributed by atoms with Crippen molar-refractivity contribution in [3.8, 4) is 0 Å². The Bertz CT molecular complexity index is 925. The van der Waals surface area contributed by atoms with Crippen molar-refractivity contribution in [3.63, 3.8) is 0 Å². The summed E-state index contributed by atoms with van der Waals surface area (Å²) in [6.07, 6.45) is 1.56. The fraction of sp³-hybridized carbons (Fsp3) is 0.500. The standard InChI is InChI=1S/C13H17ClFNO.C11H13ClFNO/c1-3-16-8-7-13(9-16,17-2)10-5-4-6-11(14)12(10)15;1-15-11(5-6-14-7-11)8-3-2-4-9(12)10(8)13/h4-6H,3,7-9H2,1-2H3;2-4,14H,5-7H2,1H3. The van der Waals surface area contributed by atoms with Crippen molar-refractivity contribution in [1.82, 2.24) is 10.2 Å². The maximum absolute atomic E-state index is 14.1. The molecule has 2 heterocycles. The summed E-state index contributed by atoms with van der Waals surface area (Å²) in [5, 5.41) is 3.48. The lowest BCUT2D eigenvalue weighted by atomic mass is 9.92. The van der Waals surface area contributed by atoms with Gasteiger partial charge in [0.1, 0.15) is 22.8 Å². The van der Waals surface area contributed by atoms with Gasteiger partial charge in [-0.05, 0) is 38.1 Å². The number of rotatable bonds is 5. The Labute approximate surface area is 198 Å². The predicted octanol–water partition coefficient (Wildman–Crippen LogP) is 5.36. The van der Waals surface area contributed by atoms with Crippen molar-refractivity contribution in [2.24, 2.45) is 0 Å². The number of ether oxygens (including phenoxy) is 2. The number of likely N-dealkylation sites (tertiary alicyclic amines) is 1. The van der Waals surface area contributed by atoms with Crippen LogP contribution in [0.3, 0.4) is 0 Å². The molecule has 2 fully saturated rings. The van der Waals surface area contributed by atoms with E-state index in [9.17, 15) is 8.78 Å². The topological polar surface area (TPSA) is 33.7 Å². The van der Waals surface area contributed by atoms with Crippen molar-refractivity contribution in [2.45, 2.75) is 31.0 Å². The fourth-order valence-electron chi connectivity index (χ4n) is 4.52. The van der Waals surface area contributed by atoms with Crippen LogP contribution >= 0.6 is 23.2 Å². The number of nitrogens with one attached hydrogen (secondary N) is 1. The molecule has 2 atom stereocenters. The Morgan fingerprint density at radius 2 is 1.50 bits per heavy atom. The van der Waals surface area contributed by atoms with Crippen molar-refractivity contribution in [1.29, 1.82) is 0 Å². The second-order valence-electron chi connectivity index (χ2n) is 8.15. The van der Waals surface area contributed by atoms with E-state index in [-0.39, 0.29) is 21.7 Å². The van der Waals surface area contributed by atoms with Crippen LogP contribution in [-0.4, -0.2) is 51.8 Å². The molecule has 4 rings (SSSR count). The van der Waals surface area contributed by atoms with E-state index in [0.29, 0.717) is 17.7 Å². The molecule has 1 N–H and O–H groups in total. The highest BCUT2D eigenvalue weighted by atomic mass is 35.5. The molecule has 8 heteroatoms. The summed E-state index contributed by atoms with van der Waals surface area (Å²) in [4.78, 5) is 2.25. The Morgan fingerprint density at radius 1 is 0.938 bits per heavy atom. The first-order chi connectivity index (χ1) is 15.3. The van der Waals surface area contributed by atoms with Gasteiger partial charge in [0.15, 0.2) is 0 Å². The molecular formula is C24H30Cl2F2N2O2. The third-order valence-electron chi connectivity index (χ3n) is 6.54. The highest BCUT2D eigenvalue weighted by molar-refractivity contribution is 6.31. The summed E-state index contributed by atoms with van der Waals surface area (Å²) in [6, 6.07) is 10.1. The van der Waals surface area contributed by atoms with Crippen LogP contribution in [0.25, 0.3) is 0 Å². The van der Waals surface area contributed by atoms with E-state index in [1.165, 1.54) is 0 Å². The number of halogens is 4. The first-order valence-corrected chi connectivity index (χ1v) is 11.5. The van der Waals surface area contributed by atoms with E-state index in [0.717, 1.165) is 39.0 Å². The van der Waals surface area contributed by atoms with Crippen LogP contribution in [0.1, 0.15) is 30.9 Å². The molecule has 0 saturated carbocycles. The first-order valence-electron chi connectivity index (χ1n) is 10.7. The van der Waals surface area contributed by atoms with Crippen LogP contribution in [0, 0.1) is 11.6 Å². The lowest BCUT2D eigenvalue weighted by molar-refractivity contribution is -0.00820. The number of hydrogen-bond donors (Lipinski definition) is 1. The van der Waals surface area contributed by atoms with Crippen molar-refractivity contribution in [2.75, 3.05) is 46.9 Å². The van der Waals surface area contributed by atoms with Gasteiger partial charge in [-0.1, -0.05) is 54.4 Å². The summed E-state index contributed by atoms with van der Waals surface area (Å²) in [6.45, 7) is 6.15. The number of likely N-dealkylation sites (N-methyl/N-ethyl adjacent to an activating group) is 1. The molecular weight excluding hydrogens is 457 g/mol. The zero-order valence-corrected chi connectivity index (χ0v) is 20.2. The number of hydrogen-bond acceptors (Lipinski definition) is 4. The van der Waals surface area contributed by atoms with Crippen molar-refractivity contribution < 1.29 is 18.3 Å². The largest absolute Gasteiger partial charge is 0.372 e. The quantitative estimate of drug-likeness (QED) is 0.616. The summed E-state index contributed by atoms with van der Waals surface area (Å²) < 4.78 is 39.0. The highest BCUT2D eigenvalue weighted by Gasteiger charge is 2.41. The molecule has 0 bridgehead atoms. The van der Waals surface area contributed by atoms with Crippen LogP contribution in [0.15, 0.2) is 36.4 Å². The minimum Gasteiger partial charge on any atom is -0.372 e. The summed E-state index contributed by atoms with van der Waals surface area (Å²) in [5.41, 5.74) is 0.00549. The second-order valence-corrected chi connectivity index (χ2v) is 8.96. The molecule has 176 valence electrons. The lowest BCUT2D eigenvalue weighted by Crippen LogP contribution is -2.33. The summed E-state index contributed by atoms with van der Waals surface area (Å²) in [5.74, 6) is -0.723. The van der Waals surface area contributed by atoms with Gasteiger partial charge in [-0.25, -0.2) is 8.78 Å². The molecule has 2 unspecified atom stereocenters. The molecule has 4 nitrogen and oxygen atoms in total. The zero-order chi connectivity index (χ0) is 23.4. The molecule has 0 amide bonds. The molecule has 0 spiro atoms. The van der Waals surface area contributed by atoms with Gasteiger partial charge in [-0.15, -0.1) is 0 Å². The van der Waals surface area contributed by atoms with Gasteiger partial charge in [-0.2, -0.15) is 0 Å². The van der Waals surface area contributed by atoms with Crippen molar-refractivity contribution in [3.05, 3.63) is 69.2 Å². The minimum atomic E-state index is -0.561. The molecule has 0 aliphatic carbocycles. The van der Waals surface area contributed by atoms with E-state index in [1.807, 2.05) is 0 Å². The Kier molecular flexibility index (Phi) is 8.53. The van der Waals surface area contributed by atoms with E-state index < -0.39 is 11.2 Å². The Balaban J connectivity index is 0.000000182. The molecule has 0 aromatic heterocycles. The molecule has 2 aromatic carbocycles. The minimum absolute atomic E-state index is 0.149. The number of nitrogens with zero attached hydrogens (tertiary/aromatic N) is 1. The van der Waals surface area contributed by atoms with Crippen LogP contribution < -0.4 is 5.32 Å². The molecule has 32 heavy (non-hydrogen) atoms. The van der Waals surface area contributed by atoms with Gasteiger partial charge in [-0.3, -0.25) is 0 Å². The van der Waals surface area contributed by atoms with Gasteiger partial charge in [0.2, 0.25) is 0 Å². The van der Waals surface area contributed by atoms with Gasteiger partial charge in [0, 0.05) is 45.0 Å². The molecule has 2 aliphatic heterocycles. The second kappa shape index (κ2) is 10.8. The molecule has 2 aromatic rings. The van der Waals surface area contributed by atoms with E-state index in [2.05, 4.69) is 17.1 Å². The summed E-state index contributed by atoms with van der Waals surface area (Å²) in [7, 11) is 3.24. The van der Waals surface area contributed by atoms with E-state index >= 15 is 0 Å². The van der Waals surface area contributed by atoms with Gasteiger partial charge >= 0.3 is 0 Å². The smallest absolute Gasteiger partial charge is 0.147 e. The maximum Gasteiger partial charge on any atom is 0.147 e. The van der Waals surface area contributed by atoms with Crippen LogP contribution in [0.2, 0.25) is 10.0 Å². The summed E-state index contributed by atoms with van der Waals surface area (Å²) >= 11 is 11.6. The van der Waals surface area contributed by atoms with Gasteiger partial charge < -0.3 is 19.7 Å². The van der Waals surface area contributed by atoms with Crippen LogP contribution in [0.5, 0.6) is 0 Å². The van der Waals surface area contributed by atoms with Crippen LogP contribution in [0.4, 0.5) is 8.78 Å². The molecule has 2 saturated heterocycles. The first kappa shape index (κ1) is 25.3. The zero-order valence-electron chi connectivity index (χ0n) is 18.7. The molecule has 2 aliphatic rings. The predicted molar refractivity (Wildman–Crippen MR) is 124 cm³/mol. The third kappa shape index (κ3) is 4.96. The highest BCUT2D eigenvalue weighted by Crippen LogP contribution is 2.38. The fourth-order valence-corrected chi connectivity index (χ4v) is 4.87. The molecule has 0 radical (unpaired) electrons. The van der Waals surface area contributed by atoms with Crippen molar-refractivity contribution >= 4 is 23.2 Å². The average molecular weight is 487 g/mol. The maximum atomic E-state index is 14.1. The third-order valence-corrected chi connectivity index (χ3v) is 7.12. The lowest BCUT2D eigenvalue weighted by Gasteiger charge is -2.29. The van der Waals surface area contributed by atoms with E-state index in [1.54, 1.807) is 50.6 Å². The monoisotopic (exact) mass is 486 g/mol.